The molecule has 0 bridgehead atoms. The smallest absolute Gasteiger partial charge is 0.406 e. The molecule has 0 N–H and O–H groups in total. The van der Waals surface area contributed by atoms with E-state index < -0.39 is 41.8 Å². The Morgan fingerprint density at radius 3 is 2.10 bits per heavy atom. The van der Waals surface area contributed by atoms with Crippen molar-refractivity contribution in [1.82, 2.24) is 0 Å². The fourth-order valence-electron chi connectivity index (χ4n) is 5.12. The summed E-state index contributed by atoms with van der Waals surface area (Å²) >= 11 is 0. The molecule has 0 heterocycles. The quantitative estimate of drug-likeness (QED) is 0.439. The molecule has 0 spiro atoms. The van der Waals surface area contributed by atoms with Crippen molar-refractivity contribution in [2.45, 2.75) is 76.7 Å². The SMILES string of the molecule is CCCC1CCC(C2CC(F)C(C(F)(F)Oc3ccc(F)c(F)c3)C(F)C2)CC1. The van der Waals surface area contributed by atoms with Crippen LogP contribution in [0.3, 0.4) is 0 Å². The summed E-state index contributed by atoms with van der Waals surface area (Å²) in [7, 11) is 0. The zero-order valence-electron chi connectivity index (χ0n) is 16.5. The monoisotopic (exact) mass is 422 g/mol. The minimum atomic E-state index is -4.16. The fourth-order valence-corrected chi connectivity index (χ4v) is 5.12. The van der Waals surface area contributed by atoms with Crippen LogP contribution >= 0.6 is 0 Å². The van der Waals surface area contributed by atoms with Crippen LogP contribution in [0.25, 0.3) is 0 Å². The minimum Gasteiger partial charge on any atom is -0.432 e. The summed E-state index contributed by atoms with van der Waals surface area (Å²) in [6, 6.07) is 1.89. The van der Waals surface area contributed by atoms with Gasteiger partial charge in [0, 0.05) is 6.07 Å². The lowest BCUT2D eigenvalue weighted by Crippen LogP contribution is -2.50. The van der Waals surface area contributed by atoms with Crippen molar-refractivity contribution in [2.75, 3.05) is 0 Å². The normalized spacial score (nSPS) is 33.5. The summed E-state index contributed by atoms with van der Waals surface area (Å²) in [5.41, 5.74) is 0. The van der Waals surface area contributed by atoms with Gasteiger partial charge in [0.25, 0.3) is 0 Å². The molecule has 7 heteroatoms. The third-order valence-electron chi connectivity index (χ3n) is 6.62. The van der Waals surface area contributed by atoms with Crippen LogP contribution in [0.5, 0.6) is 5.75 Å². The molecular weight excluding hydrogens is 394 g/mol. The van der Waals surface area contributed by atoms with Gasteiger partial charge in [0.15, 0.2) is 11.6 Å². The number of hydrogen-bond acceptors (Lipinski definition) is 1. The molecule has 2 fully saturated rings. The van der Waals surface area contributed by atoms with Crippen LogP contribution in [0, 0.1) is 35.3 Å². The van der Waals surface area contributed by atoms with Crippen LogP contribution in [0.2, 0.25) is 0 Å². The van der Waals surface area contributed by atoms with Crippen molar-refractivity contribution in [3.05, 3.63) is 29.8 Å². The van der Waals surface area contributed by atoms with Gasteiger partial charge in [-0.1, -0.05) is 32.6 Å². The maximum atomic E-state index is 14.7. The van der Waals surface area contributed by atoms with E-state index in [9.17, 15) is 26.3 Å². The molecule has 2 aliphatic rings. The molecule has 2 aliphatic carbocycles. The number of alkyl halides is 4. The summed E-state index contributed by atoms with van der Waals surface area (Å²) in [6.45, 7) is 2.14. The zero-order chi connectivity index (χ0) is 21.2. The molecule has 0 radical (unpaired) electrons. The number of ether oxygens (including phenoxy) is 1. The first kappa shape index (κ1) is 22.3. The summed E-state index contributed by atoms with van der Waals surface area (Å²) in [5.74, 6) is -4.94. The maximum Gasteiger partial charge on any atom is 0.406 e. The molecule has 164 valence electrons. The molecule has 0 amide bonds. The second-order valence-corrected chi connectivity index (χ2v) is 8.60. The fraction of sp³-hybridized carbons (Fsp3) is 0.727. The molecule has 29 heavy (non-hydrogen) atoms. The first-order chi connectivity index (χ1) is 13.7. The lowest BCUT2D eigenvalue weighted by Gasteiger charge is -2.42. The lowest BCUT2D eigenvalue weighted by atomic mass is 9.67. The van der Waals surface area contributed by atoms with Gasteiger partial charge in [-0.15, -0.1) is 0 Å². The first-order valence-corrected chi connectivity index (χ1v) is 10.5. The number of hydrogen-bond donors (Lipinski definition) is 0. The Bertz CT molecular complexity index is 661. The molecular formula is C22H28F6O. The molecule has 0 aliphatic heterocycles. The molecule has 0 saturated heterocycles. The van der Waals surface area contributed by atoms with Gasteiger partial charge in [-0.25, -0.2) is 17.6 Å². The lowest BCUT2D eigenvalue weighted by molar-refractivity contribution is -0.253. The molecule has 2 atom stereocenters. The molecule has 1 aromatic carbocycles. The predicted molar refractivity (Wildman–Crippen MR) is 98.3 cm³/mol. The Kier molecular flexibility index (Phi) is 7.05. The van der Waals surface area contributed by atoms with E-state index in [4.69, 9.17) is 0 Å². The van der Waals surface area contributed by atoms with Crippen molar-refractivity contribution in [3.63, 3.8) is 0 Å². The van der Waals surface area contributed by atoms with E-state index in [-0.39, 0.29) is 24.7 Å². The van der Waals surface area contributed by atoms with Gasteiger partial charge in [-0.05, 0) is 55.6 Å². The van der Waals surface area contributed by atoms with Gasteiger partial charge < -0.3 is 4.74 Å². The van der Waals surface area contributed by atoms with E-state index >= 15 is 0 Å². The number of benzene rings is 1. The van der Waals surface area contributed by atoms with Crippen molar-refractivity contribution < 1.29 is 31.1 Å². The summed E-state index contributed by atoms with van der Waals surface area (Å²) in [5, 5.41) is 0. The summed E-state index contributed by atoms with van der Waals surface area (Å²) in [6.07, 6.45) is -2.40. The molecule has 3 rings (SSSR count). The highest BCUT2D eigenvalue weighted by Crippen LogP contribution is 2.48. The minimum absolute atomic E-state index is 0.120. The Morgan fingerprint density at radius 2 is 1.55 bits per heavy atom. The topological polar surface area (TPSA) is 9.23 Å². The van der Waals surface area contributed by atoms with E-state index in [0.717, 1.165) is 44.6 Å². The second kappa shape index (κ2) is 9.17. The van der Waals surface area contributed by atoms with Gasteiger partial charge >= 0.3 is 6.11 Å². The largest absolute Gasteiger partial charge is 0.432 e. The second-order valence-electron chi connectivity index (χ2n) is 8.60. The van der Waals surface area contributed by atoms with Crippen molar-refractivity contribution >= 4 is 0 Å². The van der Waals surface area contributed by atoms with Crippen LogP contribution in [0.15, 0.2) is 18.2 Å². The molecule has 1 aromatic rings. The highest BCUT2D eigenvalue weighted by molar-refractivity contribution is 5.24. The van der Waals surface area contributed by atoms with E-state index in [1.54, 1.807) is 0 Å². The molecule has 2 unspecified atom stereocenters. The predicted octanol–water partition coefficient (Wildman–Crippen LogP) is 7.25. The highest BCUT2D eigenvalue weighted by Gasteiger charge is 2.56. The van der Waals surface area contributed by atoms with E-state index in [1.165, 1.54) is 0 Å². The number of halogens is 6. The van der Waals surface area contributed by atoms with Crippen LogP contribution in [0.1, 0.15) is 58.3 Å². The Hall–Kier alpha value is -1.40. The van der Waals surface area contributed by atoms with Crippen LogP contribution in [0.4, 0.5) is 26.3 Å². The van der Waals surface area contributed by atoms with Crippen LogP contribution in [-0.2, 0) is 0 Å². The Morgan fingerprint density at radius 1 is 0.931 bits per heavy atom. The average molecular weight is 422 g/mol. The Balaban J connectivity index is 1.62. The van der Waals surface area contributed by atoms with Crippen LogP contribution in [-0.4, -0.2) is 18.5 Å². The van der Waals surface area contributed by atoms with Crippen molar-refractivity contribution in [1.29, 1.82) is 0 Å². The molecule has 2 saturated carbocycles. The third kappa shape index (κ3) is 5.21. The number of rotatable bonds is 6. The summed E-state index contributed by atoms with van der Waals surface area (Å²) in [4.78, 5) is 0. The van der Waals surface area contributed by atoms with Gasteiger partial charge in [0.2, 0.25) is 0 Å². The van der Waals surface area contributed by atoms with Crippen molar-refractivity contribution in [3.8, 4) is 5.75 Å². The van der Waals surface area contributed by atoms with E-state index in [2.05, 4.69) is 11.7 Å². The summed E-state index contributed by atoms with van der Waals surface area (Å²) < 4.78 is 89.1. The average Bonchev–Trinajstić information content (AvgIpc) is 2.64. The van der Waals surface area contributed by atoms with E-state index in [0.29, 0.717) is 18.1 Å². The van der Waals surface area contributed by atoms with Gasteiger partial charge in [-0.2, -0.15) is 8.78 Å². The Labute approximate surface area is 167 Å². The zero-order valence-corrected chi connectivity index (χ0v) is 16.5. The standard InChI is InChI=1S/C22H28F6O/c1-2-3-13-4-6-14(7-5-13)15-10-19(25)21(20(26)11-15)22(27,28)29-16-8-9-17(23)18(24)12-16/h8-9,12-15,19-21H,2-7,10-11H2,1H3. The van der Waals surface area contributed by atoms with E-state index in [1.807, 2.05) is 0 Å². The first-order valence-electron chi connectivity index (χ1n) is 10.5. The molecule has 0 aromatic heterocycles. The van der Waals surface area contributed by atoms with Crippen molar-refractivity contribution in [2.24, 2.45) is 23.7 Å². The van der Waals surface area contributed by atoms with Crippen LogP contribution < -0.4 is 4.74 Å². The highest BCUT2D eigenvalue weighted by atomic mass is 19.3. The third-order valence-corrected chi connectivity index (χ3v) is 6.62. The van der Waals surface area contributed by atoms with Gasteiger partial charge in [0.1, 0.15) is 24.0 Å². The molecule has 1 nitrogen and oxygen atoms in total. The maximum absolute atomic E-state index is 14.7. The van der Waals surface area contributed by atoms with Gasteiger partial charge in [-0.3, -0.25) is 0 Å². The van der Waals surface area contributed by atoms with Gasteiger partial charge in [0.05, 0.1) is 0 Å².